The molecule has 0 radical (unpaired) electrons. The molecule has 20 heavy (non-hydrogen) atoms. The Morgan fingerprint density at radius 1 is 1.25 bits per heavy atom. The van der Waals surface area contributed by atoms with Gasteiger partial charge in [0.15, 0.2) is 0 Å². The summed E-state index contributed by atoms with van der Waals surface area (Å²) in [5.41, 5.74) is 1.15. The minimum atomic E-state index is -0.0109. The lowest BCUT2D eigenvalue weighted by Gasteiger charge is -2.21. The van der Waals surface area contributed by atoms with Crippen molar-refractivity contribution < 1.29 is 4.79 Å². The molecule has 0 aliphatic carbocycles. The fourth-order valence-corrected chi connectivity index (χ4v) is 2.22. The molecule has 1 amide bonds. The third-order valence-corrected chi connectivity index (χ3v) is 3.11. The zero-order valence-corrected chi connectivity index (χ0v) is 12.0. The van der Waals surface area contributed by atoms with Gasteiger partial charge in [0, 0.05) is 12.4 Å². The van der Waals surface area contributed by atoms with Crippen LogP contribution in [0.1, 0.15) is 31.9 Å². The van der Waals surface area contributed by atoms with E-state index in [1.54, 1.807) is 17.1 Å². The first-order valence-corrected chi connectivity index (χ1v) is 6.97. The highest BCUT2D eigenvalue weighted by atomic mass is 16.2. The number of benzene rings is 1. The molecule has 1 heterocycles. The van der Waals surface area contributed by atoms with E-state index in [0.29, 0.717) is 5.92 Å². The van der Waals surface area contributed by atoms with Crippen LogP contribution in [0, 0.1) is 5.92 Å². The topological polar surface area (TPSA) is 46.9 Å². The van der Waals surface area contributed by atoms with E-state index in [-0.39, 0.29) is 18.5 Å². The van der Waals surface area contributed by atoms with Crippen LogP contribution in [0.3, 0.4) is 0 Å². The molecule has 106 valence electrons. The number of hydrogen-bond donors (Lipinski definition) is 1. The SMILES string of the molecule is CC(C)CC(NC(=O)Cn1cccn1)c1ccccc1. The van der Waals surface area contributed by atoms with Gasteiger partial charge in [0.05, 0.1) is 6.04 Å². The Labute approximate surface area is 119 Å². The summed E-state index contributed by atoms with van der Waals surface area (Å²) < 4.78 is 1.63. The van der Waals surface area contributed by atoms with Crippen molar-refractivity contribution in [2.75, 3.05) is 0 Å². The second-order valence-electron chi connectivity index (χ2n) is 5.36. The minimum absolute atomic E-state index is 0.0109. The highest BCUT2D eigenvalue weighted by molar-refractivity contribution is 5.76. The quantitative estimate of drug-likeness (QED) is 0.878. The van der Waals surface area contributed by atoms with Crippen molar-refractivity contribution in [1.29, 1.82) is 0 Å². The van der Waals surface area contributed by atoms with E-state index in [0.717, 1.165) is 12.0 Å². The van der Waals surface area contributed by atoms with Gasteiger partial charge in [0.2, 0.25) is 5.91 Å². The third-order valence-electron chi connectivity index (χ3n) is 3.11. The first-order chi connectivity index (χ1) is 9.65. The zero-order chi connectivity index (χ0) is 14.4. The standard InChI is InChI=1S/C16H21N3O/c1-13(2)11-15(14-7-4-3-5-8-14)18-16(20)12-19-10-6-9-17-19/h3-10,13,15H,11-12H2,1-2H3,(H,18,20). The van der Waals surface area contributed by atoms with Crippen molar-refractivity contribution in [3.8, 4) is 0 Å². The number of carbonyl (C=O) groups is 1. The highest BCUT2D eigenvalue weighted by Gasteiger charge is 2.16. The van der Waals surface area contributed by atoms with Crippen LogP contribution in [0.2, 0.25) is 0 Å². The maximum atomic E-state index is 12.1. The molecule has 4 nitrogen and oxygen atoms in total. The summed E-state index contributed by atoms with van der Waals surface area (Å²) in [5, 5.41) is 7.16. The highest BCUT2D eigenvalue weighted by Crippen LogP contribution is 2.20. The molecule has 0 saturated heterocycles. The molecule has 0 aliphatic rings. The Morgan fingerprint density at radius 2 is 2.00 bits per heavy atom. The van der Waals surface area contributed by atoms with Crippen molar-refractivity contribution in [1.82, 2.24) is 15.1 Å². The minimum Gasteiger partial charge on any atom is -0.348 e. The molecular formula is C16H21N3O. The first-order valence-electron chi connectivity index (χ1n) is 6.97. The molecule has 1 aromatic heterocycles. The number of aromatic nitrogens is 2. The smallest absolute Gasteiger partial charge is 0.242 e. The van der Waals surface area contributed by atoms with E-state index in [2.05, 4.69) is 36.4 Å². The Morgan fingerprint density at radius 3 is 2.60 bits per heavy atom. The molecule has 0 saturated carbocycles. The third kappa shape index (κ3) is 4.23. The Kier molecular flexibility index (Phi) is 4.93. The van der Waals surface area contributed by atoms with Crippen LogP contribution in [-0.4, -0.2) is 15.7 Å². The van der Waals surface area contributed by atoms with Gasteiger partial charge in [-0.1, -0.05) is 44.2 Å². The first kappa shape index (κ1) is 14.3. The molecular weight excluding hydrogens is 250 g/mol. The summed E-state index contributed by atoms with van der Waals surface area (Å²) >= 11 is 0. The van der Waals surface area contributed by atoms with Gasteiger partial charge in [0.1, 0.15) is 6.54 Å². The normalized spacial score (nSPS) is 12.3. The number of hydrogen-bond acceptors (Lipinski definition) is 2. The molecule has 0 bridgehead atoms. The molecule has 4 heteroatoms. The van der Waals surface area contributed by atoms with Gasteiger partial charge in [-0.15, -0.1) is 0 Å². The lowest BCUT2D eigenvalue weighted by Crippen LogP contribution is -2.32. The molecule has 1 unspecified atom stereocenters. The Balaban J connectivity index is 2.02. The predicted octanol–water partition coefficient (Wildman–Crippen LogP) is 2.79. The van der Waals surface area contributed by atoms with Crippen LogP contribution in [-0.2, 0) is 11.3 Å². The van der Waals surface area contributed by atoms with E-state index < -0.39 is 0 Å². The van der Waals surface area contributed by atoms with Crippen LogP contribution in [0.5, 0.6) is 0 Å². The molecule has 0 spiro atoms. The predicted molar refractivity (Wildman–Crippen MR) is 79.0 cm³/mol. The molecule has 1 atom stereocenters. The Bertz CT molecular complexity index is 520. The summed E-state index contributed by atoms with van der Waals surface area (Å²) in [6, 6.07) is 12.0. The van der Waals surface area contributed by atoms with E-state index in [1.165, 1.54) is 0 Å². The van der Waals surface area contributed by atoms with E-state index in [9.17, 15) is 4.79 Å². The van der Waals surface area contributed by atoms with Gasteiger partial charge < -0.3 is 5.32 Å². The largest absolute Gasteiger partial charge is 0.348 e. The average Bonchev–Trinajstić information content (AvgIpc) is 2.91. The van der Waals surface area contributed by atoms with Crippen LogP contribution in [0.25, 0.3) is 0 Å². The van der Waals surface area contributed by atoms with E-state index in [1.807, 2.05) is 24.3 Å². The summed E-state index contributed by atoms with van der Waals surface area (Å²) in [6.45, 7) is 4.58. The van der Waals surface area contributed by atoms with Crippen molar-refractivity contribution in [3.63, 3.8) is 0 Å². The number of nitrogens with zero attached hydrogens (tertiary/aromatic N) is 2. The lowest BCUT2D eigenvalue weighted by molar-refractivity contribution is -0.122. The molecule has 0 aliphatic heterocycles. The van der Waals surface area contributed by atoms with Gasteiger partial charge in [-0.2, -0.15) is 5.10 Å². The zero-order valence-electron chi connectivity index (χ0n) is 12.0. The molecule has 0 fully saturated rings. The summed E-state index contributed by atoms with van der Waals surface area (Å²) in [7, 11) is 0. The number of amides is 1. The van der Waals surface area contributed by atoms with Crippen LogP contribution < -0.4 is 5.32 Å². The fourth-order valence-electron chi connectivity index (χ4n) is 2.22. The van der Waals surface area contributed by atoms with Gasteiger partial charge in [0.25, 0.3) is 0 Å². The van der Waals surface area contributed by atoms with Crippen molar-refractivity contribution >= 4 is 5.91 Å². The second-order valence-corrected chi connectivity index (χ2v) is 5.36. The second kappa shape index (κ2) is 6.89. The van der Waals surface area contributed by atoms with E-state index in [4.69, 9.17) is 0 Å². The summed E-state index contributed by atoms with van der Waals surface area (Å²) in [4.78, 5) is 12.1. The van der Waals surface area contributed by atoms with Crippen molar-refractivity contribution in [2.24, 2.45) is 5.92 Å². The van der Waals surface area contributed by atoms with Gasteiger partial charge in [-0.25, -0.2) is 0 Å². The van der Waals surface area contributed by atoms with Crippen molar-refractivity contribution in [3.05, 3.63) is 54.4 Å². The van der Waals surface area contributed by atoms with E-state index >= 15 is 0 Å². The molecule has 2 aromatic rings. The Hall–Kier alpha value is -2.10. The molecule has 1 N–H and O–H groups in total. The average molecular weight is 271 g/mol. The van der Waals surface area contributed by atoms with Crippen molar-refractivity contribution in [2.45, 2.75) is 32.9 Å². The molecule has 1 aromatic carbocycles. The van der Waals surface area contributed by atoms with Crippen LogP contribution in [0.15, 0.2) is 48.8 Å². The summed E-state index contributed by atoms with van der Waals surface area (Å²) in [5.74, 6) is 0.508. The summed E-state index contributed by atoms with van der Waals surface area (Å²) in [6.07, 6.45) is 4.39. The number of nitrogens with one attached hydrogen (secondary N) is 1. The maximum Gasteiger partial charge on any atom is 0.242 e. The lowest BCUT2D eigenvalue weighted by atomic mass is 9.97. The van der Waals surface area contributed by atoms with Crippen LogP contribution >= 0.6 is 0 Å². The fraction of sp³-hybridized carbons (Fsp3) is 0.375. The van der Waals surface area contributed by atoms with Gasteiger partial charge in [-0.3, -0.25) is 9.48 Å². The van der Waals surface area contributed by atoms with Gasteiger partial charge >= 0.3 is 0 Å². The number of carbonyl (C=O) groups excluding carboxylic acids is 1. The van der Waals surface area contributed by atoms with Gasteiger partial charge in [-0.05, 0) is 24.0 Å². The van der Waals surface area contributed by atoms with Crippen LogP contribution in [0.4, 0.5) is 0 Å². The molecule has 2 rings (SSSR count). The monoisotopic (exact) mass is 271 g/mol. The number of rotatable bonds is 6. The maximum absolute atomic E-state index is 12.1.